The maximum Gasteiger partial charge on any atom is 0.573 e. The topological polar surface area (TPSA) is 100 Å². The molecule has 3 aromatic rings. The van der Waals surface area contributed by atoms with E-state index in [0.29, 0.717) is 36.5 Å². The molecule has 4 rings (SSSR count). The molecule has 3 heterocycles. The molecular formula is C22H20F3N5O3. The second kappa shape index (κ2) is 9.31. The normalized spacial score (nSPS) is 16.3. The molecular weight excluding hydrogens is 439 g/mol. The number of carbonyl (C=O) groups is 2. The van der Waals surface area contributed by atoms with Gasteiger partial charge in [0.1, 0.15) is 11.4 Å². The second-order valence-electron chi connectivity index (χ2n) is 7.56. The lowest BCUT2D eigenvalue weighted by Gasteiger charge is -2.31. The molecule has 1 aliphatic rings. The highest BCUT2D eigenvalue weighted by atomic mass is 19.4. The molecule has 1 unspecified atom stereocenters. The summed E-state index contributed by atoms with van der Waals surface area (Å²) in [6.45, 7) is 0.731. The van der Waals surface area contributed by atoms with Crippen LogP contribution in [0, 0.1) is 5.92 Å². The average Bonchev–Trinajstić information content (AvgIpc) is 3.30. The third-order valence-electron chi connectivity index (χ3n) is 5.20. The average molecular weight is 459 g/mol. The number of amides is 2. The number of alkyl halides is 3. The van der Waals surface area contributed by atoms with Crippen molar-refractivity contribution in [2.75, 3.05) is 18.4 Å². The van der Waals surface area contributed by atoms with Gasteiger partial charge in [-0.1, -0.05) is 0 Å². The van der Waals surface area contributed by atoms with Gasteiger partial charge in [0.05, 0.1) is 11.6 Å². The molecule has 2 N–H and O–H groups in total. The molecule has 172 valence electrons. The number of rotatable bonds is 5. The molecule has 1 saturated heterocycles. The summed E-state index contributed by atoms with van der Waals surface area (Å²) in [5.41, 5.74) is 2.02. The highest BCUT2D eigenvalue weighted by Crippen LogP contribution is 2.25. The van der Waals surface area contributed by atoms with E-state index in [4.69, 9.17) is 0 Å². The van der Waals surface area contributed by atoms with E-state index < -0.39 is 12.3 Å². The summed E-state index contributed by atoms with van der Waals surface area (Å²) < 4.78 is 40.6. The maximum absolute atomic E-state index is 12.9. The number of carbonyl (C=O) groups excluding carboxylic acids is 2. The number of nitrogens with zero attached hydrogens (tertiary/aromatic N) is 3. The Bertz CT molecular complexity index is 1120. The lowest BCUT2D eigenvalue weighted by molar-refractivity contribution is -0.274. The Kier molecular flexibility index (Phi) is 6.29. The van der Waals surface area contributed by atoms with Crippen molar-refractivity contribution in [3.63, 3.8) is 0 Å². The van der Waals surface area contributed by atoms with Crippen LogP contribution in [0.2, 0.25) is 0 Å². The number of hydrogen-bond acceptors (Lipinski definition) is 5. The molecule has 0 bridgehead atoms. The molecule has 0 aliphatic carbocycles. The van der Waals surface area contributed by atoms with Crippen LogP contribution in [0.3, 0.4) is 0 Å². The van der Waals surface area contributed by atoms with E-state index in [1.807, 2.05) is 6.07 Å². The van der Waals surface area contributed by atoms with Crippen molar-refractivity contribution >= 4 is 17.5 Å². The zero-order valence-electron chi connectivity index (χ0n) is 17.3. The van der Waals surface area contributed by atoms with Gasteiger partial charge in [0.2, 0.25) is 5.91 Å². The Labute approximate surface area is 186 Å². The predicted octanol–water partition coefficient (Wildman–Crippen LogP) is 3.86. The van der Waals surface area contributed by atoms with Gasteiger partial charge in [0.25, 0.3) is 5.91 Å². The van der Waals surface area contributed by atoms with E-state index in [2.05, 4.69) is 25.2 Å². The van der Waals surface area contributed by atoms with Gasteiger partial charge >= 0.3 is 6.36 Å². The van der Waals surface area contributed by atoms with Crippen LogP contribution in [0.5, 0.6) is 5.75 Å². The number of hydrogen-bond donors (Lipinski definition) is 2. The first-order valence-electron chi connectivity index (χ1n) is 10.2. The number of piperidine rings is 1. The van der Waals surface area contributed by atoms with Crippen LogP contribution in [0.15, 0.2) is 54.9 Å². The summed E-state index contributed by atoms with van der Waals surface area (Å²) in [5.74, 6) is -1.39. The molecule has 8 nitrogen and oxygen atoms in total. The van der Waals surface area contributed by atoms with Gasteiger partial charge in [-0.25, -0.2) is 0 Å². The minimum absolute atomic E-state index is 0.223. The maximum atomic E-state index is 12.9. The minimum Gasteiger partial charge on any atom is -0.406 e. The number of ether oxygens (including phenoxy) is 1. The Morgan fingerprint density at radius 2 is 1.97 bits per heavy atom. The van der Waals surface area contributed by atoms with Crippen molar-refractivity contribution in [3.05, 3.63) is 60.6 Å². The number of benzene rings is 1. The van der Waals surface area contributed by atoms with Crippen LogP contribution in [-0.2, 0) is 4.79 Å². The highest BCUT2D eigenvalue weighted by molar-refractivity contribution is 5.95. The van der Waals surface area contributed by atoms with Crippen molar-refractivity contribution < 1.29 is 27.5 Å². The van der Waals surface area contributed by atoms with E-state index in [1.54, 1.807) is 29.4 Å². The van der Waals surface area contributed by atoms with Crippen LogP contribution in [0.4, 0.5) is 18.9 Å². The van der Waals surface area contributed by atoms with Crippen molar-refractivity contribution in [3.8, 4) is 17.0 Å². The first-order valence-corrected chi connectivity index (χ1v) is 10.2. The number of likely N-dealkylation sites (tertiary alicyclic amines) is 1. The molecule has 1 aromatic carbocycles. The van der Waals surface area contributed by atoms with Crippen molar-refractivity contribution in [2.45, 2.75) is 19.2 Å². The lowest BCUT2D eigenvalue weighted by atomic mass is 9.96. The summed E-state index contributed by atoms with van der Waals surface area (Å²) in [7, 11) is 0. The SMILES string of the molecule is O=C(Nc1ccc(OC(F)(F)F)cc1)C1CCCN(C(=O)c2cc(-c3cccnc3)n[nH]2)C1. The van der Waals surface area contributed by atoms with Crippen LogP contribution < -0.4 is 10.1 Å². The van der Waals surface area contributed by atoms with Gasteiger partial charge in [0.15, 0.2) is 0 Å². The van der Waals surface area contributed by atoms with Gasteiger partial charge in [-0.05, 0) is 55.3 Å². The van der Waals surface area contributed by atoms with E-state index >= 15 is 0 Å². The molecule has 1 atom stereocenters. The molecule has 0 saturated carbocycles. The fourth-order valence-electron chi connectivity index (χ4n) is 3.62. The fourth-order valence-corrected chi connectivity index (χ4v) is 3.62. The van der Waals surface area contributed by atoms with Crippen molar-refractivity contribution in [1.29, 1.82) is 0 Å². The Morgan fingerprint density at radius 1 is 1.18 bits per heavy atom. The molecule has 11 heteroatoms. The number of aromatic amines is 1. The van der Waals surface area contributed by atoms with Gasteiger partial charge < -0.3 is 15.0 Å². The van der Waals surface area contributed by atoms with Gasteiger partial charge in [-0.2, -0.15) is 5.10 Å². The van der Waals surface area contributed by atoms with E-state index in [-0.39, 0.29) is 24.1 Å². The molecule has 2 aromatic heterocycles. The molecule has 1 fully saturated rings. The molecule has 0 radical (unpaired) electrons. The van der Waals surface area contributed by atoms with Crippen molar-refractivity contribution in [2.24, 2.45) is 5.92 Å². The first-order chi connectivity index (χ1) is 15.8. The van der Waals surface area contributed by atoms with Crippen LogP contribution in [-0.4, -0.2) is 51.3 Å². The monoisotopic (exact) mass is 459 g/mol. The number of halogens is 3. The number of nitrogens with one attached hydrogen (secondary N) is 2. The largest absolute Gasteiger partial charge is 0.573 e. The van der Waals surface area contributed by atoms with Gasteiger partial charge in [-0.15, -0.1) is 13.2 Å². The summed E-state index contributed by atoms with van der Waals surface area (Å²) in [6, 6.07) is 10.2. The number of pyridine rings is 1. The molecule has 1 aliphatic heterocycles. The second-order valence-corrected chi connectivity index (χ2v) is 7.56. The first kappa shape index (κ1) is 22.3. The quantitative estimate of drug-likeness (QED) is 0.604. The lowest BCUT2D eigenvalue weighted by Crippen LogP contribution is -2.43. The summed E-state index contributed by atoms with van der Waals surface area (Å²) in [4.78, 5) is 31.2. The van der Waals surface area contributed by atoms with E-state index in [9.17, 15) is 22.8 Å². The van der Waals surface area contributed by atoms with Gasteiger partial charge in [0, 0.05) is 36.7 Å². The van der Waals surface area contributed by atoms with Crippen LogP contribution in [0.25, 0.3) is 11.3 Å². The predicted molar refractivity (Wildman–Crippen MR) is 112 cm³/mol. The highest BCUT2D eigenvalue weighted by Gasteiger charge is 2.31. The summed E-state index contributed by atoms with van der Waals surface area (Å²) >= 11 is 0. The molecule has 2 amide bonds. The zero-order valence-corrected chi connectivity index (χ0v) is 17.3. The van der Waals surface area contributed by atoms with Crippen LogP contribution in [0.1, 0.15) is 23.3 Å². The molecule has 33 heavy (non-hydrogen) atoms. The third-order valence-corrected chi connectivity index (χ3v) is 5.20. The van der Waals surface area contributed by atoms with Crippen LogP contribution >= 0.6 is 0 Å². The van der Waals surface area contributed by atoms with E-state index in [1.165, 1.54) is 12.1 Å². The van der Waals surface area contributed by atoms with E-state index in [0.717, 1.165) is 17.7 Å². The Morgan fingerprint density at radius 3 is 2.67 bits per heavy atom. The standard InChI is InChI=1S/C22H20F3N5O3/c23-22(24,25)33-17-7-5-16(6-8-17)27-20(31)15-4-2-10-30(13-15)21(32)19-11-18(28-29-19)14-3-1-9-26-12-14/h1,3,5-9,11-12,15H,2,4,10,13H2,(H,27,31)(H,28,29). The summed E-state index contributed by atoms with van der Waals surface area (Å²) in [5, 5.41) is 9.60. The van der Waals surface area contributed by atoms with Crippen molar-refractivity contribution in [1.82, 2.24) is 20.1 Å². The Balaban J connectivity index is 1.36. The number of aromatic nitrogens is 3. The minimum atomic E-state index is -4.78. The smallest absolute Gasteiger partial charge is 0.406 e. The third kappa shape index (κ3) is 5.68. The number of anilines is 1. The Hall–Kier alpha value is -3.89. The molecule has 0 spiro atoms. The number of H-pyrrole nitrogens is 1. The zero-order chi connectivity index (χ0) is 23.4. The van der Waals surface area contributed by atoms with Gasteiger partial charge in [-0.3, -0.25) is 19.7 Å². The summed E-state index contributed by atoms with van der Waals surface area (Å²) in [6.07, 6.45) is -0.254. The fraction of sp³-hybridized carbons (Fsp3) is 0.273.